The van der Waals surface area contributed by atoms with Gasteiger partial charge in [-0.25, -0.2) is 9.59 Å². The lowest BCUT2D eigenvalue weighted by Crippen LogP contribution is -2.46. The molecular formula is C11H19N5O3S. The van der Waals surface area contributed by atoms with E-state index in [2.05, 4.69) is 20.8 Å². The van der Waals surface area contributed by atoms with Gasteiger partial charge < -0.3 is 20.3 Å². The Morgan fingerprint density at radius 1 is 1.55 bits per heavy atom. The van der Waals surface area contributed by atoms with Gasteiger partial charge in [-0.05, 0) is 18.4 Å². The van der Waals surface area contributed by atoms with Crippen molar-refractivity contribution in [2.24, 2.45) is 7.05 Å². The van der Waals surface area contributed by atoms with E-state index in [0.717, 1.165) is 5.82 Å². The maximum Gasteiger partial charge on any atom is 0.326 e. The van der Waals surface area contributed by atoms with Gasteiger partial charge in [0.05, 0.1) is 0 Å². The maximum absolute atomic E-state index is 11.6. The highest BCUT2D eigenvalue weighted by molar-refractivity contribution is 7.98. The number of thioether (sulfide) groups is 1. The van der Waals surface area contributed by atoms with Crippen LogP contribution in [0.5, 0.6) is 0 Å². The van der Waals surface area contributed by atoms with Crippen molar-refractivity contribution in [3.05, 3.63) is 12.2 Å². The molecular weight excluding hydrogens is 282 g/mol. The second-order valence-electron chi connectivity index (χ2n) is 4.18. The Morgan fingerprint density at radius 3 is 2.85 bits per heavy atom. The molecule has 20 heavy (non-hydrogen) atoms. The summed E-state index contributed by atoms with van der Waals surface area (Å²) in [7, 11) is 1.82. The summed E-state index contributed by atoms with van der Waals surface area (Å²) in [5.74, 6) is 0.404. The Morgan fingerprint density at radius 2 is 2.30 bits per heavy atom. The van der Waals surface area contributed by atoms with E-state index >= 15 is 0 Å². The third kappa shape index (κ3) is 5.47. The van der Waals surface area contributed by atoms with Gasteiger partial charge in [0.15, 0.2) is 0 Å². The molecule has 0 saturated carbocycles. The van der Waals surface area contributed by atoms with Crippen LogP contribution < -0.4 is 10.6 Å². The highest BCUT2D eigenvalue weighted by Gasteiger charge is 2.18. The summed E-state index contributed by atoms with van der Waals surface area (Å²) < 4.78 is 1.76. The van der Waals surface area contributed by atoms with Gasteiger partial charge in [-0.2, -0.15) is 11.8 Å². The van der Waals surface area contributed by atoms with Gasteiger partial charge in [0.2, 0.25) is 0 Å². The predicted octanol–water partition coefficient (Wildman–Crippen LogP) is -0.137. The molecule has 0 bridgehead atoms. The summed E-state index contributed by atoms with van der Waals surface area (Å²) in [4.78, 5) is 22.6. The number of hydrogen-bond acceptors (Lipinski definition) is 5. The van der Waals surface area contributed by atoms with Crippen LogP contribution in [0.25, 0.3) is 0 Å². The third-order valence-corrected chi connectivity index (χ3v) is 3.30. The molecule has 1 atom stereocenters. The van der Waals surface area contributed by atoms with E-state index in [1.54, 1.807) is 10.9 Å². The Kier molecular flexibility index (Phi) is 6.85. The van der Waals surface area contributed by atoms with E-state index in [0.29, 0.717) is 25.1 Å². The normalized spacial score (nSPS) is 11.9. The number of nitrogens with zero attached hydrogens (tertiary/aromatic N) is 3. The second kappa shape index (κ2) is 8.41. The Labute approximate surface area is 121 Å². The first-order chi connectivity index (χ1) is 9.54. The first-order valence-corrected chi connectivity index (χ1v) is 7.53. The van der Waals surface area contributed by atoms with Crippen LogP contribution in [0, 0.1) is 0 Å². The standard InChI is InChI=1S/C11H19N5O3S/c1-16-7-13-15-9(16)3-5-12-11(19)14-8(10(17)18)4-6-20-2/h7-8H,3-6H2,1-2H3,(H,17,18)(H2,12,14,19)/t8-/m0/s1. The van der Waals surface area contributed by atoms with Crippen LogP contribution in [0.1, 0.15) is 12.2 Å². The summed E-state index contributed by atoms with van der Waals surface area (Å²) in [5, 5.41) is 21.7. The van der Waals surface area contributed by atoms with Crippen molar-refractivity contribution < 1.29 is 14.7 Å². The number of aryl methyl sites for hydroxylation is 1. The summed E-state index contributed by atoms with van der Waals surface area (Å²) in [6.07, 6.45) is 4.40. The highest BCUT2D eigenvalue weighted by Crippen LogP contribution is 2.00. The maximum atomic E-state index is 11.6. The van der Waals surface area contributed by atoms with Gasteiger partial charge in [0.25, 0.3) is 0 Å². The molecule has 3 N–H and O–H groups in total. The second-order valence-corrected chi connectivity index (χ2v) is 5.17. The Balaban J connectivity index is 2.31. The van der Waals surface area contributed by atoms with E-state index in [4.69, 9.17) is 5.11 Å². The number of nitrogens with one attached hydrogen (secondary N) is 2. The number of amides is 2. The third-order valence-electron chi connectivity index (χ3n) is 2.65. The van der Waals surface area contributed by atoms with Crippen LogP contribution in [0.3, 0.4) is 0 Å². The molecule has 0 spiro atoms. The van der Waals surface area contributed by atoms with Crippen LogP contribution in [0.4, 0.5) is 4.79 Å². The number of urea groups is 1. The molecule has 1 heterocycles. The minimum atomic E-state index is -1.03. The first-order valence-electron chi connectivity index (χ1n) is 6.13. The average molecular weight is 301 g/mol. The quantitative estimate of drug-likeness (QED) is 0.617. The molecule has 1 rings (SSSR count). The fraction of sp³-hybridized carbons (Fsp3) is 0.636. The predicted molar refractivity (Wildman–Crippen MR) is 75.7 cm³/mol. The van der Waals surface area contributed by atoms with Crippen LogP contribution >= 0.6 is 11.8 Å². The average Bonchev–Trinajstić information content (AvgIpc) is 2.80. The molecule has 0 aliphatic rings. The SMILES string of the molecule is CSCC[C@H](NC(=O)NCCc1nncn1C)C(=O)O. The van der Waals surface area contributed by atoms with Gasteiger partial charge in [0.1, 0.15) is 18.2 Å². The number of aromatic nitrogens is 3. The summed E-state index contributed by atoms with van der Waals surface area (Å²) in [6.45, 7) is 0.368. The van der Waals surface area contributed by atoms with Gasteiger partial charge in [-0.15, -0.1) is 10.2 Å². The fourth-order valence-corrected chi connectivity index (χ4v) is 2.00. The summed E-state index contributed by atoms with van der Waals surface area (Å²) >= 11 is 1.54. The lowest BCUT2D eigenvalue weighted by molar-refractivity contribution is -0.139. The van der Waals surface area contributed by atoms with Crippen LogP contribution in [-0.4, -0.2) is 56.5 Å². The highest BCUT2D eigenvalue weighted by atomic mass is 32.2. The lowest BCUT2D eigenvalue weighted by atomic mass is 10.2. The van der Waals surface area contributed by atoms with E-state index in [1.165, 1.54) is 11.8 Å². The monoisotopic (exact) mass is 301 g/mol. The molecule has 1 aromatic heterocycles. The van der Waals surface area contributed by atoms with Crippen molar-refractivity contribution in [2.45, 2.75) is 18.9 Å². The van der Waals surface area contributed by atoms with Gasteiger partial charge in [-0.1, -0.05) is 0 Å². The number of carboxylic acid groups (broad SMARTS) is 1. The first kappa shape index (κ1) is 16.3. The molecule has 0 saturated heterocycles. The van der Waals surface area contributed by atoms with Crippen molar-refractivity contribution in [3.8, 4) is 0 Å². The van der Waals surface area contributed by atoms with Crippen LogP contribution in [0.2, 0.25) is 0 Å². The van der Waals surface area contributed by atoms with Crippen molar-refractivity contribution >= 4 is 23.8 Å². The number of hydrogen-bond donors (Lipinski definition) is 3. The molecule has 0 fully saturated rings. The smallest absolute Gasteiger partial charge is 0.326 e. The number of carboxylic acids is 1. The minimum absolute atomic E-state index is 0.368. The zero-order valence-corrected chi connectivity index (χ0v) is 12.3. The topological polar surface area (TPSA) is 109 Å². The number of carbonyl (C=O) groups is 2. The fourth-order valence-electron chi connectivity index (χ4n) is 1.52. The van der Waals surface area contributed by atoms with Crippen LogP contribution in [-0.2, 0) is 18.3 Å². The lowest BCUT2D eigenvalue weighted by Gasteiger charge is -2.14. The molecule has 1 aromatic rings. The minimum Gasteiger partial charge on any atom is -0.480 e. The zero-order valence-electron chi connectivity index (χ0n) is 11.5. The van der Waals surface area contributed by atoms with E-state index in [-0.39, 0.29) is 0 Å². The molecule has 0 aliphatic heterocycles. The molecule has 2 amide bonds. The number of aliphatic carboxylic acids is 1. The molecule has 8 nitrogen and oxygen atoms in total. The molecule has 9 heteroatoms. The van der Waals surface area contributed by atoms with E-state index < -0.39 is 18.0 Å². The van der Waals surface area contributed by atoms with Gasteiger partial charge in [-0.3, -0.25) is 0 Å². The van der Waals surface area contributed by atoms with Crippen LogP contribution in [0.15, 0.2) is 6.33 Å². The number of rotatable bonds is 8. The largest absolute Gasteiger partial charge is 0.480 e. The molecule has 112 valence electrons. The Bertz CT molecular complexity index is 451. The van der Waals surface area contributed by atoms with Crippen molar-refractivity contribution in [2.75, 3.05) is 18.6 Å². The van der Waals surface area contributed by atoms with Gasteiger partial charge in [0, 0.05) is 20.0 Å². The van der Waals surface area contributed by atoms with E-state index in [1.807, 2.05) is 13.3 Å². The zero-order chi connectivity index (χ0) is 15.0. The summed E-state index contributed by atoms with van der Waals surface area (Å²) in [5.41, 5.74) is 0. The van der Waals surface area contributed by atoms with Crippen molar-refractivity contribution in [1.29, 1.82) is 0 Å². The molecule has 0 radical (unpaired) electrons. The van der Waals surface area contributed by atoms with E-state index in [9.17, 15) is 9.59 Å². The van der Waals surface area contributed by atoms with Crippen molar-refractivity contribution in [3.63, 3.8) is 0 Å². The molecule has 0 aliphatic carbocycles. The molecule has 0 unspecified atom stereocenters. The summed E-state index contributed by atoms with van der Waals surface area (Å²) in [6, 6.07) is -1.35. The van der Waals surface area contributed by atoms with Crippen molar-refractivity contribution in [1.82, 2.24) is 25.4 Å². The molecule has 0 aromatic carbocycles. The van der Waals surface area contributed by atoms with Gasteiger partial charge >= 0.3 is 12.0 Å². The number of carbonyl (C=O) groups excluding carboxylic acids is 1. The Hall–Kier alpha value is -1.77.